The zero-order valence-corrected chi connectivity index (χ0v) is 15.2. The molecular weight excluding hydrogens is 300 g/mol. The van der Waals surface area contributed by atoms with Crippen LogP contribution in [0.2, 0.25) is 0 Å². The summed E-state index contributed by atoms with van der Waals surface area (Å²) >= 11 is 0. The van der Waals surface area contributed by atoms with Crippen LogP contribution in [0.4, 0.5) is 0 Å². The second kappa shape index (κ2) is 10.7. The second-order valence-corrected chi connectivity index (χ2v) is 6.30. The minimum Gasteiger partial charge on any atom is -0.309 e. The average molecular weight is 328 g/mol. The standard InChI is InChI=1S/C20H28N2O2/c1-21(2)15-13-19(23)18(20(24)14-16-22(3)4)12-8-11-17-9-6-5-7-10-17/h5-12H,13-16H2,1-4H3/b11-8-. The van der Waals surface area contributed by atoms with Gasteiger partial charge < -0.3 is 9.80 Å². The highest BCUT2D eigenvalue weighted by atomic mass is 16.1. The van der Waals surface area contributed by atoms with Crippen molar-refractivity contribution in [1.82, 2.24) is 9.80 Å². The maximum atomic E-state index is 12.4. The number of nitrogens with zero attached hydrogens (tertiary/aromatic N) is 2. The van der Waals surface area contributed by atoms with Crippen LogP contribution in [-0.4, -0.2) is 62.6 Å². The van der Waals surface area contributed by atoms with Gasteiger partial charge in [0.05, 0.1) is 5.57 Å². The normalized spacial score (nSPS) is 11.2. The van der Waals surface area contributed by atoms with E-state index in [1.165, 1.54) is 0 Å². The van der Waals surface area contributed by atoms with Gasteiger partial charge in [0.25, 0.3) is 0 Å². The highest BCUT2D eigenvalue weighted by Gasteiger charge is 2.17. The van der Waals surface area contributed by atoms with Crippen LogP contribution in [0.1, 0.15) is 18.4 Å². The average Bonchev–Trinajstić information content (AvgIpc) is 2.55. The summed E-state index contributed by atoms with van der Waals surface area (Å²) in [5.74, 6) is -0.185. The van der Waals surface area contributed by atoms with E-state index in [9.17, 15) is 9.59 Å². The Morgan fingerprint density at radius 3 is 1.83 bits per heavy atom. The number of carbonyl (C=O) groups is 2. The lowest BCUT2D eigenvalue weighted by Crippen LogP contribution is -2.23. The van der Waals surface area contributed by atoms with Crippen molar-refractivity contribution in [3.05, 3.63) is 53.6 Å². The zero-order valence-electron chi connectivity index (χ0n) is 15.2. The second-order valence-electron chi connectivity index (χ2n) is 6.30. The summed E-state index contributed by atoms with van der Waals surface area (Å²) in [7, 11) is 7.67. The van der Waals surface area contributed by atoms with Crippen molar-refractivity contribution in [1.29, 1.82) is 0 Å². The minimum atomic E-state index is -0.0924. The summed E-state index contributed by atoms with van der Waals surface area (Å²) in [6.07, 6.45) is 6.05. The maximum absolute atomic E-state index is 12.4. The molecule has 0 saturated heterocycles. The van der Waals surface area contributed by atoms with E-state index >= 15 is 0 Å². The lowest BCUT2D eigenvalue weighted by molar-refractivity contribution is -0.121. The number of benzene rings is 1. The van der Waals surface area contributed by atoms with Crippen LogP contribution < -0.4 is 0 Å². The number of carbonyl (C=O) groups excluding carboxylic acids is 2. The first-order chi connectivity index (χ1) is 11.4. The summed E-state index contributed by atoms with van der Waals surface area (Å²) in [5.41, 5.74) is 1.33. The van der Waals surface area contributed by atoms with Crippen molar-refractivity contribution >= 4 is 17.6 Å². The number of hydrogen-bond donors (Lipinski definition) is 0. The Bertz CT molecular complexity index is 561. The largest absolute Gasteiger partial charge is 0.309 e. The first-order valence-corrected chi connectivity index (χ1v) is 8.19. The summed E-state index contributed by atoms with van der Waals surface area (Å²) in [6, 6.07) is 9.81. The van der Waals surface area contributed by atoms with Crippen LogP contribution in [0.15, 0.2) is 48.1 Å². The van der Waals surface area contributed by atoms with Gasteiger partial charge in [-0.3, -0.25) is 9.59 Å². The van der Waals surface area contributed by atoms with Gasteiger partial charge in [0.15, 0.2) is 11.6 Å². The smallest absolute Gasteiger partial charge is 0.167 e. The Labute approximate surface area is 145 Å². The molecule has 4 nitrogen and oxygen atoms in total. The molecule has 1 aromatic carbocycles. The highest BCUT2D eigenvalue weighted by Crippen LogP contribution is 2.09. The monoisotopic (exact) mass is 328 g/mol. The van der Waals surface area contributed by atoms with E-state index in [1.54, 1.807) is 12.2 Å². The molecule has 130 valence electrons. The molecule has 0 bridgehead atoms. The van der Waals surface area contributed by atoms with Crippen molar-refractivity contribution in [2.75, 3.05) is 41.3 Å². The first kappa shape index (κ1) is 20.0. The van der Waals surface area contributed by atoms with E-state index in [0.29, 0.717) is 31.5 Å². The van der Waals surface area contributed by atoms with E-state index in [0.717, 1.165) is 5.56 Å². The number of allylic oxidation sites excluding steroid dienone is 3. The van der Waals surface area contributed by atoms with Gasteiger partial charge in [-0.05, 0) is 39.8 Å². The minimum absolute atomic E-state index is 0.0924. The van der Waals surface area contributed by atoms with Crippen LogP contribution in [0.25, 0.3) is 6.08 Å². The number of rotatable bonds is 10. The Balaban J connectivity index is 2.86. The third-order valence-corrected chi connectivity index (χ3v) is 3.52. The fourth-order valence-electron chi connectivity index (χ4n) is 2.08. The molecule has 0 fully saturated rings. The molecule has 4 heteroatoms. The van der Waals surface area contributed by atoms with E-state index < -0.39 is 0 Å². The molecule has 0 unspecified atom stereocenters. The van der Waals surface area contributed by atoms with Crippen LogP contribution >= 0.6 is 0 Å². The van der Waals surface area contributed by atoms with E-state index in [4.69, 9.17) is 0 Å². The molecule has 0 aromatic heterocycles. The van der Waals surface area contributed by atoms with Crippen molar-refractivity contribution in [2.45, 2.75) is 12.8 Å². The molecule has 1 rings (SSSR count). The molecule has 0 aliphatic rings. The molecule has 24 heavy (non-hydrogen) atoms. The van der Waals surface area contributed by atoms with Crippen molar-refractivity contribution < 1.29 is 9.59 Å². The molecular formula is C20H28N2O2. The summed E-state index contributed by atoms with van der Waals surface area (Å²) in [5, 5.41) is 0. The highest BCUT2D eigenvalue weighted by molar-refractivity contribution is 6.20. The topological polar surface area (TPSA) is 40.6 Å². The molecule has 0 saturated carbocycles. The van der Waals surface area contributed by atoms with Gasteiger partial charge in [-0.2, -0.15) is 0 Å². The molecule has 0 aliphatic carbocycles. The van der Waals surface area contributed by atoms with Gasteiger partial charge in [0.2, 0.25) is 0 Å². The maximum Gasteiger partial charge on any atom is 0.167 e. The van der Waals surface area contributed by atoms with Crippen LogP contribution in [-0.2, 0) is 9.59 Å². The van der Waals surface area contributed by atoms with Gasteiger partial charge in [0, 0.05) is 25.9 Å². The molecule has 1 aromatic rings. The van der Waals surface area contributed by atoms with E-state index in [-0.39, 0.29) is 11.6 Å². The first-order valence-electron chi connectivity index (χ1n) is 8.19. The molecule has 0 heterocycles. The fraction of sp³-hybridized carbons (Fsp3) is 0.400. The lowest BCUT2D eigenvalue weighted by Gasteiger charge is -2.11. The third kappa shape index (κ3) is 7.99. The van der Waals surface area contributed by atoms with Gasteiger partial charge in [-0.15, -0.1) is 0 Å². The number of hydrogen-bond acceptors (Lipinski definition) is 4. The van der Waals surface area contributed by atoms with Gasteiger partial charge >= 0.3 is 0 Å². The summed E-state index contributed by atoms with van der Waals surface area (Å²) in [4.78, 5) is 28.7. The summed E-state index contributed by atoms with van der Waals surface area (Å²) < 4.78 is 0. The molecule has 0 N–H and O–H groups in total. The van der Waals surface area contributed by atoms with Gasteiger partial charge in [0.1, 0.15) is 0 Å². The molecule has 0 aliphatic heterocycles. The Hall–Kier alpha value is -2.04. The lowest BCUT2D eigenvalue weighted by atomic mass is 10.0. The molecule has 0 spiro atoms. The number of ketones is 2. The van der Waals surface area contributed by atoms with Crippen molar-refractivity contribution in [3.63, 3.8) is 0 Å². The zero-order chi connectivity index (χ0) is 17.9. The molecule has 0 radical (unpaired) electrons. The summed E-state index contributed by atoms with van der Waals surface area (Å²) in [6.45, 7) is 1.28. The van der Waals surface area contributed by atoms with E-state index in [2.05, 4.69) is 0 Å². The fourth-order valence-corrected chi connectivity index (χ4v) is 2.08. The van der Waals surface area contributed by atoms with Gasteiger partial charge in [-0.25, -0.2) is 0 Å². The SMILES string of the molecule is CN(C)CCC(=O)C(=C/C=C\c1ccccc1)C(=O)CCN(C)C. The Kier molecular flexibility index (Phi) is 8.90. The number of Topliss-reactive ketones (excluding diaryl/α,β-unsaturated/α-hetero) is 2. The Morgan fingerprint density at radius 2 is 1.38 bits per heavy atom. The van der Waals surface area contributed by atoms with Crippen LogP contribution in [0.5, 0.6) is 0 Å². The van der Waals surface area contributed by atoms with Crippen molar-refractivity contribution in [2.24, 2.45) is 0 Å². The predicted octanol–water partition coefficient (Wildman–Crippen LogP) is 2.67. The molecule has 0 atom stereocenters. The van der Waals surface area contributed by atoms with E-state index in [1.807, 2.05) is 74.4 Å². The predicted molar refractivity (Wildman–Crippen MR) is 99.9 cm³/mol. The van der Waals surface area contributed by atoms with Gasteiger partial charge in [-0.1, -0.05) is 42.5 Å². The quantitative estimate of drug-likeness (QED) is 0.287. The van der Waals surface area contributed by atoms with Crippen LogP contribution in [0.3, 0.4) is 0 Å². The third-order valence-electron chi connectivity index (χ3n) is 3.52. The van der Waals surface area contributed by atoms with Crippen molar-refractivity contribution in [3.8, 4) is 0 Å². The van der Waals surface area contributed by atoms with Crippen LogP contribution in [0, 0.1) is 0 Å². The Morgan fingerprint density at radius 1 is 0.875 bits per heavy atom. The molecule has 0 amide bonds.